The van der Waals surface area contributed by atoms with Crippen LogP contribution in [0.2, 0.25) is 0 Å². The van der Waals surface area contributed by atoms with Crippen LogP contribution in [-0.4, -0.2) is 20.0 Å². The van der Waals surface area contributed by atoms with Crippen molar-refractivity contribution in [2.24, 2.45) is 0 Å². The van der Waals surface area contributed by atoms with Crippen LogP contribution in [0, 0.1) is 12.3 Å². The fraction of sp³-hybridized carbons (Fsp3) is 0.182. The van der Waals surface area contributed by atoms with Gasteiger partial charge in [0.05, 0.1) is 19.8 Å². The minimum atomic E-state index is -0.429. The lowest BCUT2D eigenvalue weighted by Gasteiger charge is -2.09. The van der Waals surface area contributed by atoms with E-state index in [2.05, 4.69) is 15.9 Å². The minimum Gasteiger partial charge on any atom is -0.497 e. The van der Waals surface area contributed by atoms with Crippen molar-refractivity contribution in [3.8, 4) is 23.8 Å². The van der Waals surface area contributed by atoms with Crippen molar-refractivity contribution >= 4 is 21.7 Å². The van der Waals surface area contributed by atoms with Gasteiger partial charge in [0.1, 0.15) is 11.5 Å². The first-order chi connectivity index (χ1) is 7.13. The average molecular weight is 269 g/mol. The summed E-state index contributed by atoms with van der Waals surface area (Å²) in [4.78, 5) is 11.4. The molecule has 0 N–H and O–H groups in total. The van der Waals surface area contributed by atoms with Crippen molar-refractivity contribution in [3.05, 3.63) is 22.2 Å². The molecule has 0 radical (unpaired) electrons. The topological polar surface area (TPSA) is 35.5 Å². The Morgan fingerprint density at radius 2 is 2.07 bits per heavy atom. The second kappa shape index (κ2) is 4.85. The molecule has 0 bridgehead atoms. The first-order valence-corrected chi connectivity index (χ1v) is 4.85. The number of carbonyl (C=O) groups is 1. The van der Waals surface area contributed by atoms with Gasteiger partial charge in [-0.2, -0.15) is 0 Å². The fourth-order valence-electron chi connectivity index (χ4n) is 1.13. The van der Waals surface area contributed by atoms with Crippen molar-refractivity contribution < 1.29 is 14.3 Å². The third-order valence-corrected chi connectivity index (χ3v) is 2.47. The molecule has 3 nitrogen and oxygen atoms in total. The quantitative estimate of drug-likeness (QED) is 0.479. The molecule has 15 heavy (non-hydrogen) atoms. The van der Waals surface area contributed by atoms with Crippen LogP contribution in [0.1, 0.15) is 10.4 Å². The predicted octanol–water partition coefficient (Wildman–Crippen LogP) is 2.28. The minimum absolute atomic E-state index is 0.334. The van der Waals surface area contributed by atoms with Gasteiger partial charge in [0.15, 0.2) is 0 Å². The summed E-state index contributed by atoms with van der Waals surface area (Å²) >= 11 is 3.24. The van der Waals surface area contributed by atoms with Crippen LogP contribution in [0.15, 0.2) is 16.6 Å². The Morgan fingerprint density at radius 3 is 2.53 bits per heavy atom. The number of halogens is 1. The molecule has 1 aromatic carbocycles. The molecule has 1 rings (SSSR count). The van der Waals surface area contributed by atoms with Gasteiger partial charge in [-0.3, -0.25) is 4.79 Å². The van der Waals surface area contributed by atoms with Crippen LogP contribution in [0.4, 0.5) is 0 Å². The van der Waals surface area contributed by atoms with Crippen LogP contribution in [0.5, 0.6) is 11.5 Å². The number of benzene rings is 1. The molecule has 4 heteroatoms. The van der Waals surface area contributed by atoms with Gasteiger partial charge in [0, 0.05) is 10.5 Å². The molecule has 0 spiro atoms. The lowest BCUT2D eigenvalue weighted by Crippen LogP contribution is -2.01. The predicted molar refractivity (Wildman–Crippen MR) is 60.4 cm³/mol. The zero-order valence-electron chi connectivity index (χ0n) is 8.33. The number of hydrogen-bond donors (Lipinski definition) is 0. The Bertz CT molecular complexity index is 432. The highest BCUT2D eigenvalue weighted by atomic mass is 79.9. The summed E-state index contributed by atoms with van der Waals surface area (Å²) in [6.45, 7) is 0. The maximum absolute atomic E-state index is 11.4. The summed E-state index contributed by atoms with van der Waals surface area (Å²) < 4.78 is 10.7. The number of methoxy groups -OCH3 is 2. The van der Waals surface area contributed by atoms with Crippen LogP contribution >= 0.6 is 15.9 Å². The highest BCUT2D eigenvalue weighted by Crippen LogP contribution is 2.32. The van der Waals surface area contributed by atoms with Crippen LogP contribution < -0.4 is 9.47 Å². The third-order valence-electron chi connectivity index (χ3n) is 1.84. The molecular weight excluding hydrogens is 260 g/mol. The van der Waals surface area contributed by atoms with Gasteiger partial charge in [0.2, 0.25) is 5.78 Å². The molecule has 0 aromatic heterocycles. The molecule has 0 unspecified atom stereocenters. The Labute approximate surface area is 96.5 Å². The fourth-order valence-corrected chi connectivity index (χ4v) is 1.73. The molecule has 78 valence electrons. The molecule has 0 atom stereocenters. The lowest BCUT2D eigenvalue weighted by atomic mass is 10.1. The van der Waals surface area contributed by atoms with Crippen molar-refractivity contribution in [2.75, 3.05) is 14.2 Å². The molecule has 0 aliphatic rings. The maximum atomic E-state index is 11.4. The van der Waals surface area contributed by atoms with E-state index in [0.29, 0.717) is 21.5 Å². The van der Waals surface area contributed by atoms with Gasteiger partial charge in [-0.05, 0) is 27.9 Å². The molecule has 0 fully saturated rings. The number of terminal acetylenes is 1. The van der Waals surface area contributed by atoms with Gasteiger partial charge >= 0.3 is 0 Å². The molecule has 0 saturated carbocycles. The molecule has 0 saturated heterocycles. The first-order valence-electron chi connectivity index (χ1n) is 4.06. The average Bonchev–Trinajstić information content (AvgIpc) is 2.26. The van der Waals surface area contributed by atoms with E-state index in [-0.39, 0.29) is 0 Å². The first kappa shape index (κ1) is 11.6. The van der Waals surface area contributed by atoms with E-state index in [1.54, 1.807) is 12.1 Å². The number of Topliss-reactive ketones (excluding diaryl/α,β-unsaturated/α-hetero) is 1. The van der Waals surface area contributed by atoms with E-state index in [4.69, 9.17) is 15.9 Å². The van der Waals surface area contributed by atoms with Crippen molar-refractivity contribution in [1.82, 2.24) is 0 Å². The van der Waals surface area contributed by atoms with Gasteiger partial charge in [-0.25, -0.2) is 0 Å². The largest absolute Gasteiger partial charge is 0.497 e. The zero-order chi connectivity index (χ0) is 11.4. The standard InChI is InChI=1S/C11H9BrO3/c1-4-9(13)11-8(12)5-7(14-2)6-10(11)15-3/h1,5-6H,2-3H3. The summed E-state index contributed by atoms with van der Waals surface area (Å²) in [5.41, 5.74) is 0.334. The van der Waals surface area contributed by atoms with E-state index in [9.17, 15) is 4.79 Å². The van der Waals surface area contributed by atoms with Gasteiger partial charge in [-0.1, -0.05) is 0 Å². The number of carbonyl (C=O) groups excluding carboxylic acids is 1. The molecule has 0 aliphatic heterocycles. The van der Waals surface area contributed by atoms with Gasteiger partial charge in [-0.15, -0.1) is 6.42 Å². The Kier molecular flexibility index (Phi) is 3.75. The van der Waals surface area contributed by atoms with E-state index >= 15 is 0 Å². The summed E-state index contributed by atoms with van der Waals surface area (Å²) in [5.74, 6) is 2.60. The van der Waals surface area contributed by atoms with E-state index in [1.807, 2.05) is 5.92 Å². The molecular formula is C11H9BrO3. The molecule has 1 aromatic rings. The highest BCUT2D eigenvalue weighted by Gasteiger charge is 2.16. The Morgan fingerprint density at radius 1 is 1.40 bits per heavy atom. The maximum Gasteiger partial charge on any atom is 0.240 e. The summed E-state index contributed by atoms with van der Waals surface area (Å²) in [7, 11) is 3.00. The second-order valence-corrected chi connectivity index (χ2v) is 3.51. The van der Waals surface area contributed by atoms with Crippen LogP contribution in [-0.2, 0) is 0 Å². The van der Waals surface area contributed by atoms with Crippen molar-refractivity contribution in [1.29, 1.82) is 0 Å². The number of rotatable bonds is 3. The van der Waals surface area contributed by atoms with Crippen LogP contribution in [0.25, 0.3) is 0 Å². The summed E-state index contributed by atoms with van der Waals surface area (Å²) in [6, 6.07) is 3.27. The number of hydrogen-bond acceptors (Lipinski definition) is 3. The zero-order valence-corrected chi connectivity index (χ0v) is 9.92. The number of ether oxygens (including phenoxy) is 2. The Hall–Kier alpha value is -1.47. The number of ketones is 1. The van der Waals surface area contributed by atoms with Crippen LogP contribution in [0.3, 0.4) is 0 Å². The van der Waals surface area contributed by atoms with Crippen molar-refractivity contribution in [2.45, 2.75) is 0 Å². The molecule has 0 aliphatic carbocycles. The van der Waals surface area contributed by atoms with Gasteiger partial charge in [0.25, 0.3) is 0 Å². The van der Waals surface area contributed by atoms with E-state index < -0.39 is 5.78 Å². The molecule has 0 heterocycles. The normalized spacial score (nSPS) is 9.20. The van der Waals surface area contributed by atoms with Crippen molar-refractivity contribution in [3.63, 3.8) is 0 Å². The smallest absolute Gasteiger partial charge is 0.240 e. The van der Waals surface area contributed by atoms with E-state index in [1.165, 1.54) is 14.2 Å². The third kappa shape index (κ3) is 2.31. The summed E-state index contributed by atoms with van der Waals surface area (Å²) in [5, 5.41) is 0. The highest BCUT2D eigenvalue weighted by molar-refractivity contribution is 9.10. The monoisotopic (exact) mass is 268 g/mol. The molecule has 0 amide bonds. The van der Waals surface area contributed by atoms with Gasteiger partial charge < -0.3 is 9.47 Å². The Balaban J connectivity index is 3.39. The summed E-state index contributed by atoms with van der Waals surface area (Å²) in [6.07, 6.45) is 5.06. The lowest BCUT2D eigenvalue weighted by molar-refractivity contribution is 0.105. The second-order valence-electron chi connectivity index (χ2n) is 2.66. The van der Waals surface area contributed by atoms with E-state index in [0.717, 1.165) is 0 Å². The SMILES string of the molecule is C#CC(=O)c1c(Br)cc(OC)cc1OC.